The van der Waals surface area contributed by atoms with Crippen LogP contribution in [0.2, 0.25) is 0 Å². The zero-order chi connectivity index (χ0) is 13.6. The van der Waals surface area contributed by atoms with Crippen molar-refractivity contribution in [3.63, 3.8) is 0 Å². The summed E-state index contributed by atoms with van der Waals surface area (Å²) in [6, 6.07) is 0.533. The van der Waals surface area contributed by atoms with E-state index in [2.05, 4.69) is 10.6 Å². The van der Waals surface area contributed by atoms with Crippen LogP contribution in [-0.2, 0) is 4.74 Å². The Morgan fingerprint density at radius 3 is 2.78 bits per heavy atom. The van der Waals surface area contributed by atoms with Gasteiger partial charge in [-0.05, 0) is 40.2 Å². The Labute approximate surface area is 110 Å². The Morgan fingerprint density at radius 2 is 2.22 bits per heavy atom. The van der Waals surface area contributed by atoms with Crippen LogP contribution < -0.4 is 10.6 Å². The molecule has 0 aliphatic carbocycles. The molecule has 1 rings (SSSR count). The standard InChI is InChI=1S/C13H27N3O2/c1-13(2,3)18-12(17)16(4)9-8-15-11-6-5-7-14-10-11/h11,14-15H,5-10H2,1-4H3. The second kappa shape index (κ2) is 6.95. The number of carbonyl (C=O) groups is 1. The first-order chi connectivity index (χ1) is 8.38. The third kappa shape index (κ3) is 6.21. The molecule has 2 N–H and O–H groups in total. The van der Waals surface area contributed by atoms with Crippen molar-refractivity contribution in [2.75, 3.05) is 33.2 Å². The molecular weight excluding hydrogens is 230 g/mol. The normalized spacial score (nSPS) is 20.6. The summed E-state index contributed by atoms with van der Waals surface area (Å²) >= 11 is 0. The highest BCUT2D eigenvalue weighted by Crippen LogP contribution is 2.08. The highest BCUT2D eigenvalue weighted by molar-refractivity contribution is 5.67. The van der Waals surface area contributed by atoms with Gasteiger partial charge in [-0.15, -0.1) is 0 Å². The molecule has 0 radical (unpaired) electrons. The van der Waals surface area contributed by atoms with Crippen LogP contribution in [0, 0.1) is 0 Å². The minimum atomic E-state index is -0.425. The third-order valence-corrected chi connectivity index (χ3v) is 2.88. The van der Waals surface area contributed by atoms with Crippen LogP contribution in [0.25, 0.3) is 0 Å². The maximum absolute atomic E-state index is 11.7. The second-order valence-electron chi connectivity index (χ2n) is 5.90. The summed E-state index contributed by atoms with van der Waals surface area (Å²) in [6.07, 6.45) is 2.17. The van der Waals surface area contributed by atoms with Crippen molar-refractivity contribution in [3.8, 4) is 0 Å². The van der Waals surface area contributed by atoms with E-state index in [0.29, 0.717) is 12.6 Å². The molecule has 5 heteroatoms. The lowest BCUT2D eigenvalue weighted by Gasteiger charge is -2.27. The number of amides is 1. The Kier molecular flexibility index (Phi) is 5.88. The van der Waals surface area contributed by atoms with Crippen molar-refractivity contribution >= 4 is 6.09 Å². The zero-order valence-electron chi connectivity index (χ0n) is 12.1. The molecule has 1 fully saturated rings. The summed E-state index contributed by atoms with van der Waals surface area (Å²) in [5.41, 5.74) is -0.425. The SMILES string of the molecule is CN(CCNC1CCCNC1)C(=O)OC(C)(C)C. The maximum Gasteiger partial charge on any atom is 0.410 e. The van der Waals surface area contributed by atoms with Gasteiger partial charge >= 0.3 is 6.09 Å². The predicted octanol–water partition coefficient (Wildman–Crippen LogP) is 1.19. The number of piperidine rings is 1. The number of ether oxygens (including phenoxy) is 1. The van der Waals surface area contributed by atoms with Gasteiger partial charge < -0.3 is 20.3 Å². The fraction of sp³-hybridized carbons (Fsp3) is 0.923. The first kappa shape index (κ1) is 15.2. The number of likely N-dealkylation sites (N-methyl/N-ethyl adjacent to an activating group) is 1. The van der Waals surface area contributed by atoms with E-state index >= 15 is 0 Å². The van der Waals surface area contributed by atoms with Crippen molar-refractivity contribution in [2.24, 2.45) is 0 Å². The summed E-state index contributed by atoms with van der Waals surface area (Å²) in [5, 5.41) is 6.82. The van der Waals surface area contributed by atoms with Gasteiger partial charge in [-0.25, -0.2) is 4.79 Å². The molecule has 0 aromatic rings. The van der Waals surface area contributed by atoms with E-state index in [1.165, 1.54) is 12.8 Å². The van der Waals surface area contributed by atoms with E-state index in [4.69, 9.17) is 4.74 Å². The lowest BCUT2D eigenvalue weighted by atomic mass is 10.1. The van der Waals surface area contributed by atoms with Gasteiger partial charge in [0.05, 0.1) is 0 Å². The average Bonchev–Trinajstić information content (AvgIpc) is 2.28. The summed E-state index contributed by atoms with van der Waals surface area (Å²) in [5.74, 6) is 0. The van der Waals surface area contributed by atoms with Crippen LogP contribution in [0.1, 0.15) is 33.6 Å². The smallest absolute Gasteiger partial charge is 0.410 e. The van der Waals surface area contributed by atoms with E-state index in [1.807, 2.05) is 20.8 Å². The van der Waals surface area contributed by atoms with Crippen LogP contribution >= 0.6 is 0 Å². The van der Waals surface area contributed by atoms with E-state index in [-0.39, 0.29) is 6.09 Å². The molecule has 1 unspecified atom stereocenters. The van der Waals surface area contributed by atoms with Crippen molar-refractivity contribution in [1.29, 1.82) is 0 Å². The number of carbonyl (C=O) groups excluding carboxylic acids is 1. The van der Waals surface area contributed by atoms with Gasteiger partial charge in [-0.3, -0.25) is 0 Å². The Balaban J connectivity index is 2.15. The number of nitrogens with zero attached hydrogens (tertiary/aromatic N) is 1. The van der Waals surface area contributed by atoms with Crippen LogP contribution in [0.15, 0.2) is 0 Å². The molecule has 1 heterocycles. The molecule has 1 saturated heterocycles. The predicted molar refractivity (Wildman–Crippen MR) is 72.8 cm³/mol. The number of hydrogen-bond donors (Lipinski definition) is 2. The maximum atomic E-state index is 11.7. The van der Waals surface area contributed by atoms with Gasteiger partial charge in [0.15, 0.2) is 0 Å². The first-order valence-corrected chi connectivity index (χ1v) is 6.77. The van der Waals surface area contributed by atoms with E-state index in [0.717, 1.165) is 19.6 Å². The minimum absolute atomic E-state index is 0.258. The lowest BCUT2D eigenvalue weighted by molar-refractivity contribution is 0.0299. The molecule has 0 spiro atoms. The average molecular weight is 257 g/mol. The van der Waals surface area contributed by atoms with Crippen LogP contribution in [0.3, 0.4) is 0 Å². The zero-order valence-corrected chi connectivity index (χ0v) is 12.1. The molecule has 1 amide bonds. The largest absolute Gasteiger partial charge is 0.444 e. The minimum Gasteiger partial charge on any atom is -0.444 e. The molecular formula is C13H27N3O2. The number of hydrogen-bond acceptors (Lipinski definition) is 4. The van der Waals surface area contributed by atoms with Crippen LogP contribution in [0.5, 0.6) is 0 Å². The highest BCUT2D eigenvalue weighted by atomic mass is 16.6. The fourth-order valence-electron chi connectivity index (χ4n) is 1.89. The molecule has 1 aliphatic heterocycles. The van der Waals surface area contributed by atoms with Gasteiger partial charge in [0.25, 0.3) is 0 Å². The van der Waals surface area contributed by atoms with Crippen molar-refractivity contribution < 1.29 is 9.53 Å². The molecule has 18 heavy (non-hydrogen) atoms. The van der Waals surface area contributed by atoms with Crippen molar-refractivity contribution in [3.05, 3.63) is 0 Å². The second-order valence-corrected chi connectivity index (χ2v) is 5.90. The van der Waals surface area contributed by atoms with Gasteiger partial charge in [0.1, 0.15) is 5.60 Å². The monoisotopic (exact) mass is 257 g/mol. The summed E-state index contributed by atoms with van der Waals surface area (Å²) in [6.45, 7) is 9.26. The van der Waals surface area contributed by atoms with Gasteiger partial charge in [0, 0.05) is 32.7 Å². The number of nitrogens with one attached hydrogen (secondary N) is 2. The quantitative estimate of drug-likeness (QED) is 0.794. The van der Waals surface area contributed by atoms with Crippen LogP contribution in [0.4, 0.5) is 4.79 Å². The van der Waals surface area contributed by atoms with Crippen LogP contribution in [-0.4, -0.2) is 55.9 Å². The Morgan fingerprint density at radius 1 is 1.50 bits per heavy atom. The molecule has 1 aliphatic rings. The Bertz CT molecular complexity index is 257. The van der Waals surface area contributed by atoms with Gasteiger partial charge in [-0.2, -0.15) is 0 Å². The summed E-state index contributed by atoms with van der Waals surface area (Å²) in [7, 11) is 1.77. The molecule has 0 saturated carbocycles. The topological polar surface area (TPSA) is 53.6 Å². The molecule has 106 valence electrons. The molecule has 1 atom stereocenters. The van der Waals surface area contributed by atoms with Crippen molar-refractivity contribution in [2.45, 2.75) is 45.3 Å². The molecule has 5 nitrogen and oxygen atoms in total. The Hall–Kier alpha value is -0.810. The molecule has 0 aromatic carbocycles. The lowest BCUT2D eigenvalue weighted by Crippen LogP contribution is -2.46. The van der Waals surface area contributed by atoms with Crippen molar-refractivity contribution in [1.82, 2.24) is 15.5 Å². The fourth-order valence-corrected chi connectivity index (χ4v) is 1.89. The van der Waals surface area contributed by atoms with E-state index in [9.17, 15) is 4.79 Å². The highest BCUT2D eigenvalue weighted by Gasteiger charge is 2.19. The summed E-state index contributed by atoms with van der Waals surface area (Å²) < 4.78 is 5.29. The molecule has 0 bridgehead atoms. The van der Waals surface area contributed by atoms with E-state index < -0.39 is 5.60 Å². The third-order valence-electron chi connectivity index (χ3n) is 2.88. The summed E-state index contributed by atoms with van der Waals surface area (Å²) in [4.78, 5) is 13.3. The first-order valence-electron chi connectivity index (χ1n) is 6.77. The van der Waals surface area contributed by atoms with E-state index in [1.54, 1.807) is 11.9 Å². The molecule has 0 aromatic heterocycles. The van der Waals surface area contributed by atoms with Gasteiger partial charge in [-0.1, -0.05) is 0 Å². The number of rotatable bonds is 4. The van der Waals surface area contributed by atoms with Gasteiger partial charge in [0.2, 0.25) is 0 Å².